The van der Waals surface area contributed by atoms with Gasteiger partial charge in [0.25, 0.3) is 0 Å². The minimum absolute atomic E-state index is 0.313. The Hall–Kier alpha value is -0.670. The summed E-state index contributed by atoms with van der Waals surface area (Å²) in [6.07, 6.45) is 1.51. The first-order chi connectivity index (χ1) is 6.61. The molecule has 1 heterocycles. The minimum Gasteiger partial charge on any atom is -0.254 e. The lowest BCUT2D eigenvalue weighted by molar-refractivity contribution is 0.639. The molecule has 0 aliphatic rings. The van der Waals surface area contributed by atoms with Crippen LogP contribution in [0.1, 0.15) is 5.56 Å². The number of rotatable bonds is 0. The highest BCUT2D eigenvalue weighted by molar-refractivity contribution is 9.10. The largest absolute Gasteiger partial charge is 0.254 e. The van der Waals surface area contributed by atoms with Crippen LogP contribution in [0.3, 0.4) is 0 Å². The highest BCUT2D eigenvalue weighted by Gasteiger charge is 2.10. The Morgan fingerprint density at radius 1 is 1.43 bits per heavy atom. The van der Waals surface area contributed by atoms with Gasteiger partial charge in [-0.25, -0.2) is 4.39 Å². The van der Waals surface area contributed by atoms with Crippen LogP contribution in [-0.4, -0.2) is 4.98 Å². The molecular weight excluding hydrogens is 268 g/mol. The number of hydrogen-bond donors (Lipinski definition) is 0. The summed E-state index contributed by atoms with van der Waals surface area (Å²) in [5.41, 5.74) is 1.57. The van der Waals surface area contributed by atoms with Gasteiger partial charge < -0.3 is 0 Å². The number of nitrogens with zero attached hydrogens (tertiary/aromatic N) is 1. The van der Waals surface area contributed by atoms with Crippen LogP contribution in [0.4, 0.5) is 4.39 Å². The minimum atomic E-state index is -0.313. The van der Waals surface area contributed by atoms with Gasteiger partial charge in [-0.1, -0.05) is 17.7 Å². The molecule has 0 radical (unpaired) electrons. The van der Waals surface area contributed by atoms with Crippen LogP contribution in [0.5, 0.6) is 0 Å². The number of pyridine rings is 1. The van der Waals surface area contributed by atoms with Gasteiger partial charge in [0.1, 0.15) is 5.82 Å². The Kier molecular flexibility index (Phi) is 2.45. The Morgan fingerprint density at radius 2 is 2.14 bits per heavy atom. The molecule has 0 atom stereocenters. The van der Waals surface area contributed by atoms with Crippen molar-refractivity contribution < 1.29 is 4.39 Å². The van der Waals surface area contributed by atoms with Gasteiger partial charge in [0.2, 0.25) is 0 Å². The molecule has 0 aliphatic carbocycles. The topological polar surface area (TPSA) is 12.9 Å². The van der Waals surface area contributed by atoms with Crippen molar-refractivity contribution in [2.45, 2.75) is 6.92 Å². The maximum atomic E-state index is 13.5. The third-order valence-corrected chi connectivity index (χ3v) is 3.40. The zero-order chi connectivity index (χ0) is 10.3. The Bertz CT molecular complexity index is 513. The molecule has 0 saturated carbocycles. The lowest BCUT2D eigenvalue weighted by Crippen LogP contribution is -1.89. The van der Waals surface area contributed by atoms with Crippen molar-refractivity contribution in [1.29, 1.82) is 0 Å². The van der Waals surface area contributed by atoms with E-state index in [9.17, 15) is 4.39 Å². The summed E-state index contributed by atoms with van der Waals surface area (Å²) in [6, 6.07) is 3.12. The standard InChI is InChI=1S/C10H6BrClFN/c1-5-2-3-7(13)8-9(11)6(12)4-14-10(5)8/h2-4H,1H3. The molecule has 2 aromatic rings. The Labute approximate surface area is 94.0 Å². The number of hydrogen-bond acceptors (Lipinski definition) is 1. The second-order valence-electron chi connectivity index (χ2n) is 3.01. The maximum absolute atomic E-state index is 13.5. The summed E-state index contributed by atoms with van der Waals surface area (Å²) in [5.74, 6) is -0.313. The maximum Gasteiger partial charge on any atom is 0.133 e. The molecule has 2 rings (SSSR count). The molecule has 72 valence electrons. The van der Waals surface area contributed by atoms with Crippen LogP contribution in [-0.2, 0) is 0 Å². The lowest BCUT2D eigenvalue weighted by Gasteiger charge is -2.05. The first-order valence-corrected chi connectivity index (χ1v) is 5.17. The predicted octanol–water partition coefficient (Wildman–Crippen LogP) is 4.10. The summed E-state index contributed by atoms with van der Waals surface area (Å²) in [7, 11) is 0. The molecule has 1 aromatic carbocycles. The van der Waals surface area contributed by atoms with E-state index in [4.69, 9.17) is 11.6 Å². The SMILES string of the molecule is Cc1ccc(F)c2c(Br)c(Cl)cnc12. The molecule has 1 nitrogen and oxygen atoms in total. The Morgan fingerprint density at radius 3 is 2.86 bits per heavy atom. The van der Waals surface area contributed by atoms with E-state index in [1.165, 1.54) is 12.3 Å². The van der Waals surface area contributed by atoms with Gasteiger partial charge in [0, 0.05) is 6.20 Å². The van der Waals surface area contributed by atoms with Crippen LogP contribution in [0.25, 0.3) is 10.9 Å². The third-order valence-electron chi connectivity index (χ3n) is 2.06. The molecule has 0 unspecified atom stereocenters. The molecule has 0 fully saturated rings. The van der Waals surface area contributed by atoms with Gasteiger partial charge in [-0.15, -0.1) is 0 Å². The monoisotopic (exact) mass is 273 g/mol. The molecule has 0 bridgehead atoms. The second kappa shape index (κ2) is 3.48. The van der Waals surface area contributed by atoms with E-state index in [0.717, 1.165) is 5.56 Å². The van der Waals surface area contributed by atoms with Crippen molar-refractivity contribution >= 4 is 38.4 Å². The van der Waals surface area contributed by atoms with Crippen LogP contribution < -0.4 is 0 Å². The molecule has 14 heavy (non-hydrogen) atoms. The van der Waals surface area contributed by atoms with Crippen molar-refractivity contribution in [3.63, 3.8) is 0 Å². The smallest absolute Gasteiger partial charge is 0.133 e. The number of aryl methyl sites for hydroxylation is 1. The van der Waals surface area contributed by atoms with Gasteiger partial charge >= 0.3 is 0 Å². The van der Waals surface area contributed by atoms with Gasteiger partial charge in [-0.05, 0) is 34.5 Å². The third kappa shape index (κ3) is 1.41. The first kappa shape index (κ1) is 9.87. The highest BCUT2D eigenvalue weighted by Crippen LogP contribution is 2.32. The van der Waals surface area contributed by atoms with E-state index in [-0.39, 0.29) is 5.82 Å². The van der Waals surface area contributed by atoms with E-state index in [1.54, 1.807) is 6.07 Å². The molecule has 0 saturated heterocycles. The normalized spacial score (nSPS) is 10.9. The molecular formula is C10H6BrClFN. The first-order valence-electron chi connectivity index (χ1n) is 4.00. The van der Waals surface area contributed by atoms with Gasteiger partial charge in [0.15, 0.2) is 0 Å². The number of benzene rings is 1. The average Bonchev–Trinajstić information content (AvgIpc) is 2.16. The van der Waals surface area contributed by atoms with E-state index in [1.807, 2.05) is 6.92 Å². The molecule has 0 aliphatic heterocycles. The fourth-order valence-corrected chi connectivity index (χ4v) is 1.97. The molecule has 0 amide bonds. The average molecular weight is 275 g/mol. The number of aromatic nitrogens is 1. The van der Waals surface area contributed by atoms with Crippen LogP contribution in [0.2, 0.25) is 5.02 Å². The highest BCUT2D eigenvalue weighted by atomic mass is 79.9. The molecule has 0 N–H and O–H groups in total. The van der Waals surface area contributed by atoms with Crippen LogP contribution in [0.15, 0.2) is 22.8 Å². The summed E-state index contributed by atoms with van der Waals surface area (Å²) in [6.45, 7) is 1.88. The fraction of sp³-hybridized carbons (Fsp3) is 0.100. The fourth-order valence-electron chi connectivity index (χ4n) is 1.34. The van der Waals surface area contributed by atoms with Crippen molar-refractivity contribution in [2.75, 3.05) is 0 Å². The summed E-state index contributed by atoms with van der Waals surface area (Å²) in [4.78, 5) is 4.10. The van der Waals surface area contributed by atoms with Crippen LogP contribution >= 0.6 is 27.5 Å². The molecule has 4 heteroatoms. The van der Waals surface area contributed by atoms with Gasteiger partial charge in [0.05, 0.1) is 20.4 Å². The van der Waals surface area contributed by atoms with E-state index in [0.29, 0.717) is 20.4 Å². The summed E-state index contributed by atoms with van der Waals surface area (Å²) in [5, 5.41) is 0.861. The van der Waals surface area contributed by atoms with Crippen molar-refractivity contribution in [1.82, 2.24) is 4.98 Å². The van der Waals surface area contributed by atoms with Gasteiger partial charge in [-0.2, -0.15) is 0 Å². The Balaban J connectivity index is 3.01. The van der Waals surface area contributed by atoms with E-state index >= 15 is 0 Å². The predicted molar refractivity (Wildman–Crippen MR) is 59.1 cm³/mol. The van der Waals surface area contributed by atoms with Gasteiger partial charge in [-0.3, -0.25) is 4.98 Å². The number of halogens is 3. The van der Waals surface area contributed by atoms with Crippen molar-refractivity contribution in [3.8, 4) is 0 Å². The van der Waals surface area contributed by atoms with E-state index < -0.39 is 0 Å². The quantitative estimate of drug-likeness (QED) is 0.705. The van der Waals surface area contributed by atoms with Crippen molar-refractivity contribution in [2.24, 2.45) is 0 Å². The number of fused-ring (bicyclic) bond motifs is 1. The lowest BCUT2D eigenvalue weighted by atomic mass is 10.1. The summed E-state index contributed by atoms with van der Waals surface area (Å²) >= 11 is 9.09. The van der Waals surface area contributed by atoms with E-state index in [2.05, 4.69) is 20.9 Å². The van der Waals surface area contributed by atoms with Crippen LogP contribution in [0, 0.1) is 12.7 Å². The second-order valence-corrected chi connectivity index (χ2v) is 4.21. The zero-order valence-electron chi connectivity index (χ0n) is 7.31. The summed E-state index contributed by atoms with van der Waals surface area (Å²) < 4.78 is 14.0. The van der Waals surface area contributed by atoms with Crippen molar-refractivity contribution in [3.05, 3.63) is 39.2 Å². The molecule has 0 spiro atoms. The zero-order valence-corrected chi connectivity index (χ0v) is 9.66. The molecule has 1 aromatic heterocycles.